The normalized spacial score (nSPS) is 13.4. The third kappa shape index (κ3) is 2.76. The molecule has 0 fully saturated rings. The lowest BCUT2D eigenvalue weighted by Gasteiger charge is -2.32. The summed E-state index contributed by atoms with van der Waals surface area (Å²) in [6.45, 7) is 4.25. The number of aryl methyl sites for hydroxylation is 1. The number of rotatable bonds is 4. The predicted octanol–water partition coefficient (Wildman–Crippen LogP) is 5.54. The van der Waals surface area contributed by atoms with Gasteiger partial charge in [0.25, 0.3) is 0 Å². The highest BCUT2D eigenvalue weighted by atomic mass is 16.5. The van der Waals surface area contributed by atoms with E-state index in [2.05, 4.69) is 55.4 Å². The molecule has 27 heavy (non-hydrogen) atoms. The first-order valence-electron chi connectivity index (χ1n) is 9.05. The Morgan fingerprint density at radius 2 is 1.67 bits per heavy atom. The Bertz CT molecular complexity index is 1100. The summed E-state index contributed by atoms with van der Waals surface area (Å²) in [4.78, 5) is 3.41. The Labute approximate surface area is 159 Å². The highest BCUT2D eigenvalue weighted by molar-refractivity contribution is 5.86. The minimum absolute atomic E-state index is 0.289. The van der Waals surface area contributed by atoms with Crippen molar-refractivity contribution in [2.24, 2.45) is 0 Å². The van der Waals surface area contributed by atoms with Crippen molar-refractivity contribution in [3.63, 3.8) is 0 Å². The van der Waals surface area contributed by atoms with Gasteiger partial charge in [-0.2, -0.15) is 0 Å². The number of benzene rings is 3. The average Bonchev–Trinajstić information content (AvgIpc) is 3.11. The van der Waals surface area contributed by atoms with Gasteiger partial charge in [0, 0.05) is 28.1 Å². The van der Waals surface area contributed by atoms with E-state index in [-0.39, 0.29) is 5.75 Å². The van der Waals surface area contributed by atoms with Crippen molar-refractivity contribution >= 4 is 10.9 Å². The minimum atomic E-state index is -0.523. The molecular weight excluding hydrogens is 334 g/mol. The fourth-order valence-corrected chi connectivity index (χ4v) is 3.93. The molecule has 0 aliphatic heterocycles. The summed E-state index contributed by atoms with van der Waals surface area (Å²) >= 11 is 0. The molecule has 0 saturated heterocycles. The van der Waals surface area contributed by atoms with E-state index in [1.807, 2.05) is 30.3 Å². The van der Waals surface area contributed by atoms with Crippen LogP contribution < -0.4 is 4.74 Å². The zero-order chi connectivity index (χ0) is 19.0. The molecule has 1 heterocycles. The molecule has 2 N–H and O–H groups in total. The monoisotopic (exact) mass is 357 g/mol. The molecule has 0 spiro atoms. The summed E-state index contributed by atoms with van der Waals surface area (Å²) in [5.41, 5.74) is 4.88. The first-order chi connectivity index (χ1) is 13.0. The number of para-hydroxylation sites is 1. The minimum Gasteiger partial charge on any atom is -0.508 e. The van der Waals surface area contributed by atoms with Crippen LogP contribution in [0, 0.1) is 6.92 Å². The molecule has 0 saturated carbocycles. The second-order valence-electron chi connectivity index (χ2n) is 7.12. The lowest BCUT2D eigenvalue weighted by Crippen LogP contribution is -2.25. The van der Waals surface area contributed by atoms with Crippen LogP contribution in [-0.4, -0.2) is 17.2 Å². The van der Waals surface area contributed by atoms with Gasteiger partial charge >= 0.3 is 0 Å². The molecule has 0 bridgehead atoms. The van der Waals surface area contributed by atoms with Crippen molar-refractivity contribution in [3.05, 3.63) is 95.2 Å². The number of aromatic amines is 1. The van der Waals surface area contributed by atoms with Gasteiger partial charge in [-0.05, 0) is 54.8 Å². The maximum absolute atomic E-state index is 10.7. The van der Waals surface area contributed by atoms with E-state index < -0.39 is 5.41 Å². The molecule has 1 atom stereocenters. The van der Waals surface area contributed by atoms with E-state index in [1.165, 1.54) is 5.56 Å². The average molecular weight is 357 g/mol. The van der Waals surface area contributed by atoms with Gasteiger partial charge in [-0.15, -0.1) is 0 Å². The zero-order valence-electron chi connectivity index (χ0n) is 15.8. The number of H-pyrrole nitrogens is 1. The third-order valence-corrected chi connectivity index (χ3v) is 5.49. The topological polar surface area (TPSA) is 45.2 Å². The van der Waals surface area contributed by atoms with Crippen LogP contribution in [0.4, 0.5) is 0 Å². The summed E-state index contributed by atoms with van der Waals surface area (Å²) in [6, 6.07) is 22.1. The number of nitrogens with one attached hydrogen (secondary N) is 1. The van der Waals surface area contributed by atoms with E-state index in [4.69, 9.17) is 4.74 Å². The molecule has 0 aliphatic rings. The fourth-order valence-electron chi connectivity index (χ4n) is 3.93. The number of methoxy groups -OCH3 is 1. The Balaban J connectivity index is 2.02. The van der Waals surface area contributed by atoms with Crippen molar-refractivity contribution in [1.29, 1.82) is 0 Å². The zero-order valence-corrected chi connectivity index (χ0v) is 15.8. The van der Waals surface area contributed by atoms with E-state index in [1.54, 1.807) is 13.2 Å². The van der Waals surface area contributed by atoms with Crippen molar-refractivity contribution < 1.29 is 9.84 Å². The highest BCUT2D eigenvalue weighted by Gasteiger charge is 2.35. The molecule has 4 rings (SSSR count). The standard InChI is InChI=1S/C24H23NO2/c1-16-8-13-19-21(15-25-22(19)14-16)24(2,20-6-4-5-7-23(20)26)17-9-11-18(27-3)12-10-17/h4-15,25-26H,1-3H3/t24-/m1/s1. The van der Waals surface area contributed by atoms with Crippen LogP contribution >= 0.6 is 0 Å². The quantitative estimate of drug-likeness (QED) is 0.503. The molecule has 3 nitrogen and oxygen atoms in total. The van der Waals surface area contributed by atoms with Crippen LogP contribution in [0.3, 0.4) is 0 Å². The molecule has 136 valence electrons. The van der Waals surface area contributed by atoms with Crippen LogP contribution in [-0.2, 0) is 5.41 Å². The van der Waals surface area contributed by atoms with Gasteiger partial charge in [0.15, 0.2) is 0 Å². The Kier molecular flexibility index (Phi) is 4.15. The molecule has 0 amide bonds. The fraction of sp³-hybridized carbons (Fsp3) is 0.167. The molecule has 4 aromatic rings. The van der Waals surface area contributed by atoms with Gasteiger partial charge in [0.2, 0.25) is 0 Å². The van der Waals surface area contributed by atoms with E-state index in [0.29, 0.717) is 0 Å². The number of phenolic OH excluding ortho intramolecular Hbond substituents is 1. The van der Waals surface area contributed by atoms with Crippen LogP contribution in [0.25, 0.3) is 10.9 Å². The number of hydrogen-bond acceptors (Lipinski definition) is 2. The number of hydrogen-bond donors (Lipinski definition) is 2. The van der Waals surface area contributed by atoms with Crippen molar-refractivity contribution in [2.75, 3.05) is 7.11 Å². The van der Waals surface area contributed by atoms with Crippen molar-refractivity contribution in [1.82, 2.24) is 4.98 Å². The summed E-state index contributed by atoms with van der Waals surface area (Å²) < 4.78 is 5.33. The molecule has 0 radical (unpaired) electrons. The summed E-state index contributed by atoms with van der Waals surface area (Å²) in [7, 11) is 1.67. The summed E-state index contributed by atoms with van der Waals surface area (Å²) in [5, 5.41) is 11.8. The van der Waals surface area contributed by atoms with Crippen LogP contribution in [0.1, 0.15) is 29.2 Å². The van der Waals surface area contributed by atoms with Gasteiger partial charge in [0.1, 0.15) is 11.5 Å². The Morgan fingerprint density at radius 3 is 2.37 bits per heavy atom. The molecular formula is C24H23NO2. The van der Waals surface area contributed by atoms with Gasteiger partial charge < -0.3 is 14.8 Å². The maximum Gasteiger partial charge on any atom is 0.120 e. The second-order valence-corrected chi connectivity index (χ2v) is 7.12. The van der Waals surface area contributed by atoms with Crippen LogP contribution in [0.15, 0.2) is 72.9 Å². The van der Waals surface area contributed by atoms with Gasteiger partial charge in [0.05, 0.1) is 7.11 Å². The Morgan fingerprint density at radius 1 is 0.926 bits per heavy atom. The Hall–Kier alpha value is -3.20. The first-order valence-corrected chi connectivity index (χ1v) is 9.05. The van der Waals surface area contributed by atoms with Crippen LogP contribution in [0.2, 0.25) is 0 Å². The van der Waals surface area contributed by atoms with Crippen molar-refractivity contribution in [3.8, 4) is 11.5 Å². The number of fused-ring (bicyclic) bond motifs is 1. The lowest BCUT2D eigenvalue weighted by molar-refractivity contribution is 0.414. The van der Waals surface area contributed by atoms with Crippen molar-refractivity contribution in [2.45, 2.75) is 19.3 Å². The lowest BCUT2D eigenvalue weighted by atomic mass is 9.70. The van der Waals surface area contributed by atoms with Gasteiger partial charge in [-0.1, -0.05) is 42.5 Å². The van der Waals surface area contributed by atoms with E-state index in [9.17, 15) is 5.11 Å². The smallest absolute Gasteiger partial charge is 0.120 e. The van der Waals surface area contributed by atoms with Gasteiger partial charge in [-0.3, -0.25) is 0 Å². The number of aromatic nitrogens is 1. The SMILES string of the molecule is COc1ccc([C@](C)(c2ccccc2O)c2c[nH]c3cc(C)ccc23)cc1. The second kappa shape index (κ2) is 6.51. The predicted molar refractivity (Wildman–Crippen MR) is 110 cm³/mol. The molecule has 0 unspecified atom stereocenters. The molecule has 3 heteroatoms. The number of phenols is 1. The van der Waals surface area contributed by atoms with E-state index >= 15 is 0 Å². The number of ether oxygens (including phenoxy) is 1. The molecule has 3 aromatic carbocycles. The largest absolute Gasteiger partial charge is 0.508 e. The maximum atomic E-state index is 10.7. The third-order valence-electron chi connectivity index (χ3n) is 5.49. The summed E-state index contributed by atoms with van der Waals surface area (Å²) in [5.74, 6) is 1.10. The van der Waals surface area contributed by atoms with Gasteiger partial charge in [-0.25, -0.2) is 0 Å². The number of aromatic hydroxyl groups is 1. The molecule has 0 aliphatic carbocycles. The summed E-state index contributed by atoms with van der Waals surface area (Å²) in [6.07, 6.45) is 2.06. The van der Waals surface area contributed by atoms with E-state index in [0.717, 1.165) is 33.3 Å². The highest BCUT2D eigenvalue weighted by Crippen LogP contribution is 2.45. The first kappa shape index (κ1) is 17.2. The molecule has 1 aromatic heterocycles. The van der Waals surface area contributed by atoms with Crippen LogP contribution in [0.5, 0.6) is 11.5 Å².